The van der Waals surface area contributed by atoms with E-state index in [1.807, 2.05) is 12.2 Å². The summed E-state index contributed by atoms with van der Waals surface area (Å²) < 4.78 is 0. The highest BCUT2D eigenvalue weighted by Gasteiger charge is 2.13. The van der Waals surface area contributed by atoms with Crippen LogP contribution in [0.3, 0.4) is 0 Å². The van der Waals surface area contributed by atoms with E-state index in [0.29, 0.717) is 0 Å². The van der Waals surface area contributed by atoms with Gasteiger partial charge in [-0.15, -0.1) is 35.8 Å². The number of hydrogen-bond acceptors (Lipinski definition) is 2. The number of hydrogen-bond donors (Lipinski definition) is 0. The van der Waals surface area contributed by atoms with Crippen molar-refractivity contribution >= 4 is 22.7 Å². The predicted molar refractivity (Wildman–Crippen MR) is 101 cm³/mol. The number of benzene rings is 1. The van der Waals surface area contributed by atoms with E-state index in [1.54, 1.807) is 22.7 Å². The van der Waals surface area contributed by atoms with Crippen LogP contribution in [0.2, 0.25) is 0 Å². The van der Waals surface area contributed by atoms with E-state index < -0.39 is 0 Å². The molecule has 2 heteroatoms. The molecule has 1 aromatic carbocycles. The van der Waals surface area contributed by atoms with Crippen LogP contribution in [0.5, 0.6) is 0 Å². The van der Waals surface area contributed by atoms with E-state index in [1.165, 1.54) is 32.0 Å². The molecular weight excluding hydrogens is 304 g/mol. The third-order valence-electron chi connectivity index (χ3n) is 3.63. The van der Waals surface area contributed by atoms with Crippen LogP contribution in [0, 0.1) is 0 Å². The van der Waals surface area contributed by atoms with Crippen LogP contribution in [0.25, 0.3) is 20.9 Å². The first-order valence-corrected chi connectivity index (χ1v) is 9.04. The van der Waals surface area contributed by atoms with E-state index in [9.17, 15) is 0 Å². The Balaban J connectivity index is 2.21. The normalized spacial score (nSPS) is 10.5. The molecule has 0 atom stereocenters. The lowest BCUT2D eigenvalue weighted by Crippen LogP contribution is -1.94. The first-order chi connectivity index (χ1) is 10.8. The second-order valence-corrected chi connectivity index (χ2v) is 7.00. The van der Waals surface area contributed by atoms with E-state index in [4.69, 9.17) is 0 Å². The monoisotopic (exact) mass is 322 g/mol. The number of allylic oxidation sites excluding steroid dienone is 2. The molecule has 0 aliphatic heterocycles. The minimum Gasteiger partial charge on any atom is -0.144 e. The molecule has 2 aromatic heterocycles. The highest BCUT2D eigenvalue weighted by atomic mass is 32.1. The summed E-state index contributed by atoms with van der Waals surface area (Å²) in [6.45, 7) is 7.84. The second-order valence-electron chi connectivity index (χ2n) is 5.11. The molecule has 0 amide bonds. The van der Waals surface area contributed by atoms with Gasteiger partial charge in [-0.05, 0) is 70.1 Å². The summed E-state index contributed by atoms with van der Waals surface area (Å²) in [7, 11) is 0. The number of rotatable bonds is 6. The van der Waals surface area contributed by atoms with E-state index in [2.05, 4.69) is 60.3 Å². The van der Waals surface area contributed by atoms with E-state index in [0.717, 1.165) is 12.8 Å². The van der Waals surface area contributed by atoms with Gasteiger partial charge >= 0.3 is 0 Å². The quantitative estimate of drug-likeness (QED) is 0.448. The van der Waals surface area contributed by atoms with Gasteiger partial charge in [-0.25, -0.2) is 0 Å². The summed E-state index contributed by atoms with van der Waals surface area (Å²) in [5.74, 6) is 0. The van der Waals surface area contributed by atoms with Gasteiger partial charge in [-0.1, -0.05) is 24.3 Å². The molecule has 0 unspecified atom stereocenters. The molecule has 0 nitrogen and oxygen atoms in total. The third-order valence-corrected chi connectivity index (χ3v) is 5.44. The van der Waals surface area contributed by atoms with Crippen LogP contribution in [-0.4, -0.2) is 0 Å². The van der Waals surface area contributed by atoms with Crippen LogP contribution >= 0.6 is 22.7 Å². The maximum atomic E-state index is 3.92. The van der Waals surface area contributed by atoms with Crippen molar-refractivity contribution in [2.45, 2.75) is 12.8 Å². The molecule has 0 saturated heterocycles. The van der Waals surface area contributed by atoms with Gasteiger partial charge in [-0.3, -0.25) is 0 Å². The summed E-state index contributed by atoms with van der Waals surface area (Å²) in [5, 5.41) is 4.26. The van der Waals surface area contributed by atoms with Crippen molar-refractivity contribution in [1.29, 1.82) is 0 Å². The number of thiophene rings is 2. The van der Waals surface area contributed by atoms with Crippen LogP contribution < -0.4 is 0 Å². The summed E-state index contributed by atoms with van der Waals surface area (Å²) in [4.78, 5) is 2.64. The van der Waals surface area contributed by atoms with Crippen molar-refractivity contribution in [2.75, 3.05) is 0 Å². The van der Waals surface area contributed by atoms with Crippen molar-refractivity contribution in [1.82, 2.24) is 0 Å². The maximum Gasteiger partial charge on any atom is 0.0345 e. The Hall–Kier alpha value is -1.90. The zero-order valence-corrected chi connectivity index (χ0v) is 14.1. The van der Waals surface area contributed by atoms with Gasteiger partial charge in [0.15, 0.2) is 0 Å². The van der Waals surface area contributed by atoms with Gasteiger partial charge < -0.3 is 0 Å². The summed E-state index contributed by atoms with van der Waals surface area (Å²) in [5.41, 5.74) is 5.33. The van der Waals surface area contributed by atoms with Crippen molar-refractivity contribution in [3.63, 3.8) is 0 Å². The Labute approximate surface area is 140 Å². The van der Waals surface area contributed by atoms with E-state index >= 15 is 0 Å². The molecule has 0 radical (unpaired) electrons. The lowest BCUT2D eigenvalue weighted by Gasteiger charge is -2.14. The Morgan fingerprint density at radius 1 is 0.773 bits per heavy atom. The molecule has 3 aromatic rings. The summed E-state index contributed by atoms with van der Waals surface area (Å²) >= 11 is 3.58. The maximum absolute atomic E-state index is 3.92. The van der Waals surface area contributed by atoms with Crippen molar-refractivity contribution in [2.24, 2.45) is 0 Å². The molecule has 3 rings (SSSR count). The Morgan fingerprint density at radius 3 is 1.55 bits per heavy atom. The molecular formula is C20H18S2. The molecule has 0 aliphatic carbocycles. The van der Waals surface area contributed by atoms with Gasteiger partial charge in [-0.2, -0.15) is 0 Å². The fourth-order valence-electron chi connectivity index (χ4n) is 2.66. The lowest BCUT2D eigenvalue weighted by molar-refractivity contribution is 1.23. The fraction of sp³-hybridized carbons (Fsp3) is 0.100. The van der Waals surface area contributed by atoms with Crippen molar-refractivity contribution in [3.05, 3.63) is 83.6 Å². The zero-order valence-electron chi connectivity index (χ0n) is 12.4. The predicted octanol–water partition coefficient (Wildman–Crippen LogP) is 6.60. The highest BCUT2D eigenvalue weighted by molar-refractivity contribution is 7.13. The van der Waals surface area contributed by atoms with Crippen molar-refractivity contribution < 1.29 is 0 Å². The molecule has 0 aliphatic rings. The van der Waals surface area contributed by atoms with Crippen LogP contribution in [0.15, 0.2) is 72.5 Å². The topological polar surface area (TPSA) is 0 Å². The standard InChI is InChI=1S/C20H18S2/c1-3-7-15-13-18(20-10-6-12-22-20)16(8-4-2)14-17(15)19-9-5-11-21-19/h3-6,9-14H,1-2,7-8H2. The van der Waals surface area contributed by atoms with Gasteiger partial charge in [0.1, 0.15) is 0 Å². The minimum absolute atomic E-state index is 0.889. The van der Waals surface area contributed by atoms with Gasteiger partial charge in [0.25, 0.3) is 0 Å². The molecule has 0 fully saturated rings. The highest BCUT2D eigenvalue weighted by Crippen LogP contribution is 2.36. The van der Waals surface area contributed by atoms with Crippen LogP contribution in [0.4, 0.5) is 0 Å². The molecule has 2 heterocycles. The second kappa shape index (κ2) is 6.91. The lowest BCUT2D eigenvalue weighted by atomic mass is 9.93. The average molecular weight is 322 g/mol. The first kappa shape index (κ1) is 15.0. The average Bonchev–Trinajstić information content (AvgIpc) is 3.22. The Morgan fingerprint density at radius 2 is 1.23 bits per heavy atom. The molecule has 0 bridgehead atoms. The van der Waals surface area contributed by atoms with Crippen LogP contribution in [-0.2, 0) is 12.8 Å². The molecule has 0 saturated carbocycles. The zero-order chi connectivity index (χ0) is 15.4. The van der Waals surface area contributed by atoms with Gasteiger partial charge in [0.2, 0.25) is 0 Å². The van der Waals surface area contributed by atoms with E-state index in [-0.39, 0.29) is 0 Å². The summed E-state index contributed by atoms with van der Waals surface area (Å²) in [6, 6.07) is 13.3. The smallest absolute Gasteiger partial charge is 0.0345 e. The first-order valence-electron chi connectivity index (χ1n) is 7.29. The third kappa shape index (κ3) is 2.99. The largest absolute Gasteiger partial charge is 0.144 e. The molecule has 0 N–H and O–H groups in total. The Kier molecular flexibility index (Phi) is 4.71. The SMILES string of the molecule is C=CCc1cc(-c2cccs2)c(CC=C)cc1-c1cccs1. The molecule has 0 spiro atoms. The van der Waals surface area contributed by atoms with Gasteiger partial charge in [0, 0.05) is 9.75 Å². The van der Waals surface area contributed by atoms with Crippen LogP contribution in [0.1, 0.15) is 11.1 Å². The van der Waals surface area contributed by atoms with Gasteiger partial charge in [0.05, 0.1) is 0 Å². The minimum atomic E-state index is 0.889. The molecule has 110 valence electrons. The van der Waals surface area contributed by atoms with Crippen molar-refractivity contribution in [3.8, 4) is 20.9 Å². The summed E-state index contributed by atoms with van der Waals surface area (Å²) in [6.07, 6.45) is 5.75. The molecule has 22 heavy (non-hydrogen) atoms. The fourth-order valence-corrected chi connectivity index (χ4v) is 4.22. The Bertz CT molecular complexity index is 694.